The zero-order valence-corrected chi connectivity index (χ0v) is 10.7. The Bertz CT molecular complexity index is 747. The van der Waals surface area contributed by atoms with E-state index in [0.29, 0.717) is 4.31 Å². The lowest BCUT2D eigenvalue weighted by Gasteiger charge is -2.27. The Morgan fingerprint density at radius 1 is 1.22 bits per heavy atom. The summed E-state index contributed by atoms with van der Waals surface area (Å²) >= 11 is 0. The standard InChI is InChI=1S/C9H9NO6S2/c1-10-9(18(14,15)16)8(11)6-4-2-3-5-7(6)17(10,12)13/h2-5,11H,1H3,(H,14,15,16). The van der Waals surface area contributed by atoms with Gasteiger partial charge < -0.3 is 5.11 Å². The van der Waals surface area contributed by atoms with Gasteiger partial charge in [-0.3, -0.25) is 8.86 Å². The molecule has 0 fully saturated rings. The van der Waals surface area contributed by atoms with Crippen molar-refractivity contribution in [3.8, 4) is 0 Å². The molecule has 18 heavy (non-hydrogen) atoms. The minimum Gasteiger partial charge on any atom is -0.504 e. The van der Waals surface area contributed by atoms with Crippen LogP contribution in [0.5, 0.6) is 0 Å². The van der Waals surface area contributed by atoms with Crippen molar-refractivity contribution in [2.24, 2.45) is 0 Å². The number of hydrogen-bond donors (Lipinski definition) is 2. The molecule has 0 amide bonds. The number of fused-ring (bicyclic) bond motifs is 1. The Balaban J connectivity index is 2.95. The summed E-state index contributed by atoms with van der Waals surface area (Å²) in [5, 5.41) is 8.74. The van der Waals surface area contributed by atoms with Gasteiger partial charge in [-0.15, -0.1) is 0 Å². The van der Waals surface area contributed by atoms with Crippen molar-refractivity contribution in [1.82, 2.24) is 4.31 Å². The average Bonchev–Trinajstić information content (AvgIpc) is 2.25. The van der Waals surface area contributed by atoms with Crippen LogP contribution in [0.25, 0.3) is 5.76 Å². The first kappa shape index (κ1) is 12.9. The van der Waals surface area contributed by atoms with Crippen molar-refractivity contribution in [3.63, 3.8) is 0 Å². The van der Waals surface area contributed by atoms with Gasteiger partial charge in [0.05, 0.1) is 4.90 Å². The van der Waals surface area contributed by atoms with E-state index in [0.717, 1.165) is 7.05 Å². The van der Waals surface area contributed by atoms with Gasteiger partial charge >= 0.3 is 10.1 Å². The van der Waals surface area contributed by atoms with Gasteiger partial charge in [0.2, 0.25) is 5.03 Å². The van der Waals surface area contributed by atoms with Gasteiger partial charge in [0.1, 0.15) is 0 Å². The maximum Gasteiger partial charge on any atom is 0.314 e. The van der Waals surface area contributed by atoms with Crippen molar-refractivity contribution < 1.29 is 26.5 Å². The maximum atomic E-state index is 12.0. The third kappa shape index (κ3) is 1.67. The number of hydrogen-bond acceptors (Lipinski definition) is 5. The van der Waals surface area contributed by atoms with Gasteiger partial charge in [-0.1, -0.05) is 12.1 Å². The second-order valence-corrected chi connectivity index (χ2v) is 6.87. The Morgan fingerprint density at radius 2 is 1.78 bits per heavy atom. The number of aliphatic hydroxyl groups excluding tert-OH is 1. The van der Waals surface area contributed by atoms with Crippen LogP contribution >= 0.6 is 0 Å². The second-order valence-electron chi connectivity index (χ2n) is 3.60. The van der Waals surface area contributed by atoms with Crippen LogP contribution in [0.3, 0.4) is 0 Å². The normalized spacial score (nSPS) is 18.7. The van der Waals surface area contributed by atoms with Crippen LogP contribution in [-0.2, 0) is 20.1 Å². The Hall–Kier alpha value is -1.58. The fourth-order valence-corrected chi connectivity index (χ4v) is 4.24. The molecule has 0 aromatic heterocycles. The zero-order valence-electron chi connectivity index (χ0n) is 9.10. The highest BCUT2D eigenvalue weighted by atomic mass is 32.2. The lowest BCUT2D eigenvalue weighted by atomic mass is 10.2. The molecule has 0 bridgehead atoms. The van der Waals surface area contributed by atoms with Crippen molar-refractivity contribution in [2.45, 2.75) is 4.90 Å². The average molecular weight is 291 g/mol. The number of rotatable bonds is 1. The molecule has 98 valence electrons. The second kappa shape index (κ2) is 3.70. The number of benzene rings is 1. The summed E-state index contributed by atoms with van der Waals surface area (Å²) in [7, 11) is -8.04. The summed E-state index contributed by atoms with van der Waals surface area (Å²) in [5.41, 5.74) is -0.164. The molecule has 7 nitrogen and oxygen atoms in total. The lowest BCUT2D eigenvalue weighted by molar-refractivity contribution is 0.446. The molecule has 2 rings (SSSR count). The molecule has 1 heterocycles. The van der Waals surface area contributed by atoms with Crippen LogP contribution in [0.15, 0.2) is 34.2 Å². The Morgan fingerprint density at radius 3 is 2.33 bits per heavy atom. The molecule has 1 aromatic carbocycles. The molecule has 1 aliphatic rings. The minimum absolute atomic E-state index is 0.164. The molecular weight excluding hydrogens is 282 g/mol. The van der Waals surface area contributed by atoms with Crippen LogP contribution in [0.1, 0.15) is 5.56 Å². The number of aliphatic hydroxyl groups is 1. The minimum atomic E-state index is -4.86. The number of sulfonamides is 1. The largest absolute Gasteiger partial charge is 0.504 e. The van der Waals surface area contributed by atoms with Gasteiger partial charge in [0, 0.05) is 12.6 Å². The monoisotopic (exact) mass is 291 g/mol. The molecule has 0 aliphatic carbocycles. The van der Waals surface area contributed by atoms with E-state index in [2.05, 4.69) is 0 Å². The first-order valence-electron chi connectivity index (χ1n) is 4.66. The molecule has 0 saturated heterocycles. The molecule has 1 aromatic rings. The summed E-state index contributed by atoms with van der Waals surface area (Å²) in [6, 6.07) is 5.37. The fraction of sp³-hybridized carbons (Fsp3) is 0.111. The topological polar surface area (TPSA) is 112 Å². The summed E-state index contributed by atoms with van der Waals surface area (Å²) in [6.07, 6.45) is 0. The predicted octanol–water partition coefficient (Wildman–Crippen LogP) is 0.393. The van der Waals surface area contributed by atoms with Gasteiger partial charge in [-0.05, 0) is 12.1 Å². The maximum absolute atomic E-state index is 12.0. The molecule has 0 spiro atoms. The van der Waals surface area contributed by atoms with Crippen LogP contribution < -0.4 is 0 Å². The van der Waals surface area contributed by atoms with E-state index in [4.69, 9.17) is 4.55 Å². The highest BCUT2D eigenvalue weighted by Crippen LogP contribution is 2.35. The molecule has 0 atom stereocenters. The smallest absolute Gasteiger partial charge is 0.314 e. The summed E-state index contributed by atoms with van der Waals surface area (Å²) in [6.45, 7) is 0. The van der Waals surface area contributed by atoms with Crippen LogP contribution in [0.2, 0.25) is 0 Å². The van der Waals surface area contributed by atoms with E-state index in [1.807, 2.05) is 0 Å². The number of nitrogens with zero attached hydrogens (tertiary/aromatic N) is 1. The van der Waals surface area contributed by atoms with Gasteiger partial charge in [0.25, 0.3) is 10.0 Å². The lowest BCUT2D eigenvalue weighted by Crippen LogP contribution is -2.34. The van der Waals surface area contributed by atoms with E-state index in [9.17, 15) is 21.9 Å². The van der Waals surface area contributed by atoms with E-state index in [1.54, 1.807) is 0 Å². The predicted molar refractivity (Wildman–Crippen MR) is 62.5 cm³/mol. The third-order valence-electron chi connectivity index (χ3n) is 2.51. The van der Waals surface area contributed by atoms with E-state index in [1.165, 1.54) is 24.3 Å². The van der Waals surface area contributed by atoms with Crippen LogP contribution in [-0.4, -0.2) is 37.8 Å². The molecule has 1 aliphatic heterocycles. The van der Waals surface area contributed by atoms with E-state index in [-0.39, 0.29) is 10.5 Å². The van der Waals surface area contributed by atoms with Crippen molar-refractivity contribution in [3.05, 3.63) is 34.9 Å². The van der Waals surface area contributed by atoms with E-state index < -0.39 is 30.9 Å². The molecule has 0 radical (unpaired) electrons. The highest BCUT2D eigenvalue weighted by Gasteiger charge is 2.39. The van der Waals surface area contributed by atoms with Crippen molar-refractivity contribution in [1.29, 1.82) is 0 Å². The van der Waals surface area contributed by atoms with Crippen LogP contribution in [0, 0.1) is 0 Å². The zero-order chi connectivity index (χ0) is 13.7. The molecular formula is C9H9NO6S2. The molecule has 0 unspecified atom stereocenters. The summed E-state index contributed by atoms with van der Waals surface area (Å²) in [4.78, 5) is -0.225. The van der Waals surface area contributed by atoms with Gasteiger partial charge in [0.15, 0.2) is 5.76 Å². The quantitative estimate of drug-likeness (QED) is 0.724. The van der Waals surface area contributed by atoms with E-state index >= 15 is 0 Å². The molecule has 2 N–H and O–H groups in total. The van der Waals surface area contributed by atoms with Crippen molar-refractivity contribution >= 4 is 25.9 Å². The fourth-order valence-electron chi connectivity index (χ4n) is 1.69. The Kier molecular flexibility index (Phi) is 2.65. The van der Waals surface area contributed by atoms with Crippen LogP contribution in [0.4, 0.5) is 0 Å². The Labute approximate surface area is 104 Å². The van der Waals surface area contributed by atoms with Gasteiger partial charge in [-0.2, -0.15) is 8.42 Å². The first-order valence-corrected chi connectivity index (χ1v) is 7.54. The summed E-state index contributed by atoms with van der Waals surface area (Å²) < 4.78 is 55.6. The summed E-state index contributed by atoms with van der Waals surface area (Å²) in [5.74, 6) is -0.801. The third-order valence-corrected chi connectivity index (χ3v) is 5.40. The highest BCUT2D eigenvalue weighted by molar-refractivity contribution is 7.93. The molecule has 0 saturated carbocycles. The molecule has 9 heteroatoms. The van der Waals surface area contributed by atoms with Crippen molar-refractivity contribution in [2.75, 3.05) is 7.05 Å². The first-order chi connectivity index (χ1) is 8.17. The van der Waals surface area contributed by atoms with Gasteiger partial charge in [-0.25, -0.2) is 8.42 Å². The SMILES string of the molecule is CN1C(S(=O)(=O)O)=C(O)c2ccccc2S1(=O)=O.